The summed E-state index contributed by atoms with van der Waals surface area (Å²) in [6.45, 7) is 3.60. The summed E-state index contributed by atoms with van der Waals surface area (Å²) in [5.41, 5.74) is 0.585. The number of benzene rings is 1. The largest absolute Gasteiger partial charge is 0.350 e. The second-order valence-electron chi connectivity index (χ2n) is 10.7. The summed E-state index contributed by atoms with van der Waals surface area (Å²) < 4.78 is 11.4. The summed E-state index contributed by atoms with van der Waals surface area (Å²) in [4.78, 5) is 64.5. The van der Waals surface area contributed by atoms with E-state index in [2.05, 4.69) is 16.0 Å². The van der Waals surface area contributed by atoms with Crippen LogP contribution in [0.2, 0.25) is 5.02 Å². The van der Waals surface area contributed by atoms with E-state index >= 15 is 0 Å². The Bertz CT molecular complexity index is 1140. The minimum Gasteiger partial charge on any atom is -0.350 e. The molecule has 2 saturated heterocycles. The Labute approximate surface area is 238 Å². The van der Waals surface area contributed by atoms with E-state index in [4.69, 9.17) is 21.1 Å². The number of halogens is 1. The van der Waals surface area contributed by atoms with Crippen molar-refractivity contribution in [1.29, 1.82) is 0 Å². The third kappa shape index (κ3) is 7.38. The summed E-state index contributed by atoms with van der Waals surface area (Å²) in [6.07, 6.45) is 5.94. The van der Waals surface area contributed by atoms with E-state index in [1.165, 1.54) is 49.3 Å². The van der Waals surface area contributed by atoms with Gasteiger partial charge >= 0.3 is 0 Å². The number of hydrogen-bond acceptors (Lipinski definition) is 7. The molecule has 11 nitrogen and oxygen atoms in total. The molecule has 3 fully saturated rings. The number of anilines is 1. The molecule has 0 spiro atoms. The summed E-state index contributed by atoms with van der Waals surface area (Å²) in [6, 6.07) is 1.79. The second-order valence-corrected chi connectivity index (χ2v) is 11.1. The summed E-state index contributed by atoms with van der Waals surface area (Å²) in [5, 5.41) is 8.16. The average molecular weight is 577 g/mol. The lowest BCUT2D eigenvalue weighted by atomic mass is 9.90. The van der Waals surface area contributed by atoms with Gasteiger partial charge in [-0.3, -0.25) is 24.0 Å². The lowest BCUT2D eigenvalue weighted by Crippen LogP contribution is -2.55. The highest BCUT2D eigenvalue weighted by Crippen LogP contribution is 2.26. The molecule has 2 heterocycles. The van der Waals surface area contributed by atoms with Crippen LogP contribution in [0.3, 0.4) is 0 Å². The predicted octanol–water partition coefficient (Wildman–Crippen LogP) is 2.41. The highest BCUT2D eigenvalue weighted by molar-refractivity contribution is 6.34. The first kappa shape index (κ1) is 30.0. The molecular weight excluding hydrogens is 540 g/mol. The Balaban J connectivity index is 1.32. The monoisotopic (exact) mass is 576 g/mol. The van der Waals surface area contributed by atoms with Crippen molar-refractivity contribution in [3.05, 3.63) is 28.8 Å². The van der Waals surface area contributed by atoms with Gasteiger partial charge in [0, 0.05) is 19.0 Å². The van der Waals surface area contributed by atoms with Crippen molar-refractivity contribution in [1.82, 2.24) is 15.5 Å². The number of hydrogen-bond donors (Lipinski definition) is 3. The van der Waals surface area contributed by atoms with Gasteiger partial charge in [0.2, 0.25) is 17.7 Å². The number of carbonyl (C=O) groups is 5. The molecule has 3 N–H and O–H groups in total. The number of nitrogens with zero attached hydrogens (tertiary/aromatic N) is 1. The fourth-order valence-corrected chi connectivity index (χ4v) is 5.70. The third-order valence-electron chi connectivity index (χ3n) is 7.63. The van der Waals surface area contributed by atoms with Crippen LogP contribution in [0.15, 0.2) is 18.2 Å². The first-order chi connectivity index (χ1) is 19.1. The van der Waals surface area contributed by atoms with Gasteiger partial charge in [-0.1, -0.05) is 30.9 Å². The van der Waals surface area contributed by atoms with Crippen LogP contribution in [0.1, 0.15) is 69.2 Å². The number of carbonyl (C=O) groups excluding carboxylic acids is 5. The molecule has 1 aliphatic carbocycles. The molecule has 4 amide bonds. The molecule has 1 aromatic rings. The van der Waals surface area contributed by atoms with Crippen LogP contribution >= 0.6 is 11.6 Å². The molecule has 0 aromatic heterocycles. The first-order valence-corrected chi connectivity index (χ1v) is 14.3. The lowest BCUT2D eigenvalue weighted by molar-refractivity contribution is -0.146. The Kier molecular flexibility index (Phi) is 10.2. The topological polar surface area (TPSA) is 143 Å². The van der Waals surface area contributed by atoms with Crippen molar-refractivity contribution in [2.45, 2.75) is 83.2 Å². The molecule has 12 heteroatoms. The van der Waals surface area contributed by atoms with Gasteiger partial charge in [0.25, 0.3) is 5.91 Å². The molecule has 3 aliphatic rings. The predicted molar refractivity (Wildman–Crippen MR) is 147 cm³/mol. The summed E-state index contributed by atoms with van der Waals surface area (Å²) >= 11 is 6.17. The van der Waals surface area contributed by atoms with Crippen LogP contribution in [0, 0.1) is 5.92 Å². The van der Waals surface area contributed by atoms with Gasteiger partial charge in [-0.2, -0.15) is 0 Å². The van der Waals surface area contributed by atoms with Crippen LogP contribution in [-0.2, 0) is 28.7 Å². The SMILES string of the molecule is CC(=O)Nc1ccc(C(=O)NC(C)C(=O)N2CCCC2C(=O)NC2C(=O)COC2OCC2CCCCC2)cc1Cl. The molecule has 4 atom stereocenters. The molecule has 218 valence electrons. The normalized spacial score (nSPS) is 24.0. The van der Waals surface area contributed by atoms with Crippen LogP contribution in [0.5, 0.6) is 0 Å². The lowest BCUT2D eigenvalue weighted by Gasteiger charge is -2.29. The van der Waals surface area contributed by atoms with Gasteiger partial charge in [-0.25, -0.2) is 0 Å². The second kappa shape index (κ2) is 13.6. The Morgan fingerprint density at radius 3 is 2.58 bits per heavy atom. The molecular formula is C28H37ClN4O7. The molecule has 1 aromatic carbocycles. The zero-order valence-corrected chi connectivity index (χ0v) is 23.6. The Morgan fingerprint density at radius 2 is 1.88 bits per heavy atom. The number of Topliss-reactive ketones (excluding diaryl/α,β-unsaturated/α-hetero) is 1. The van der Waals surface area contributed by atoms with E-state index in [0.717, 1.165) is 12.8 Å². The van der Waals surface area contributed by atoms with E-state index in [0.29, 0.717) is 37.6 Å². The number of nitrogens with one attached hydrogen (secondary N) is 3. The van der Waals surface area contributed by atoms with Crippen molar-refractivity contribution in [2.24, 2.45) is 5.92 Å². The van der Waals surface area contributed by atoms with Crippen LogP contribution in [-0.4, -0.2) is 78.5 Å². The number of rotatable bonds is 9. The van der Waals surface area contributed by atoms with Gasteiger partial charge in [0.15, 0.2) is 12.1 Å². The van der Waals surface area contributed by atoms with Crippen molar-refractivity contribution in [3.63, 3.8) is 0 Å². The van der Waals surface area contributed by atoms with E-state index in [1.54, 1.807) is 6.92 Å². The van der Waals surface area contributed by atoms with Gasteiger partial charge in [-0.05, 0) is 56.7 Å². The molecule has 2 aliphatic heterocycles. The minimum absolute atomic E-state index is 0.132. The Hall–Kier alpha value is -3.02. The number of ketones is 1. The van der Waals surface area contributed by atoms with Crippen molar-refractivity contribution in [2.75, 3.05) is 25.1 Å². The highest BCUT2D eigenvalue weighted by Gasteiger charge is 2.42. The maximum Gasteiger partial charge on any atom is 0.251 e. The fourth-order valence-electron chi connectivity index (χ4n) is 5.47. The van der Waals surface area contributed by atoms with Crippen molar-refractivity contribution >= 4 is 46.7 Å². The van der Waals surface area contributed by atoms with Crippen LogP contribution < -0.4 is 16.0 Å². The average Bonchev–Trinajstić information content (AvgIpc) is 3.55. The molecule has 1 saturated carbocycles. The van der Waals surface area contributed by atoms with Crippen LogP contribution in [0.4, 0.5) is 5.69 Å². The fraction of sp³-hybridized carbons (Fsp3) is 0.607. The zero-order chi connectivity index (χ0) is 28.8. The molecule has 0 radical (unpaired) electrons. The quantitative estimate of drug-likeness (QED) is 0.409. The smallest absolute Gasteiger partial charge is 0.251 e. The van der Waals surface area contributed by atoms with Gasteiger partial charge < -0.3 is 30.3 Å². The maximum atomic E-state index is 13.3. The van der Waals surface area contributed by atoms with Gasteiger partial charge in [0.05, 0.1) is 17.3 Å². The van der Waals surface area contributed by atoms with E-state index in [-0.39, 0.29) is 28.9 Å². The van der Waals surface area contributed by atoms with Crippen molar-refractivity contribution < 1.29 is 33.4 Å². The number of likely N-dealkylation sites (tertiary alicyclic amines) is 1. The molecule has 0 bridgehead atoms. The third-order valence-corrected chi connectivity index (χ3v) is 7.94. The maximum absolute atomic E-state index is 13.3. The summed E-state index contributed by atoms with van der Waals surface area (Å²) in [7, 11) is 0. The molecule has 4 unspecified atom stereocenters. The molecule has 4 rings (SSSR count). The Morgan fingerprint density at radius 1 is 1.12 bits per heavy atom. The number of amides is 4. The van der Waals surface area contributed by atoms with E-state index in [1.807, 2.05) is 0 Å². The zero-order valence-electron chi connectivity index (χ0n) is 22.9. The van der Waals surface area contributed by atoms with E-state index < -0.39 is 42.1 Å². The number of ether oxygens (including phenoxy) is 2. The van der Waals surface area contributed by atoms with Crippen LogP contribution in [0.25, 0.3) is 0 Å². The van der Waals surface area contributed by atoms with Gasteiger partial charge in [0.1, 0.15) is 24.7 Å². The standard InChI is InChI=1S/C28H37ClN4O7/c1-16(30-25(36)19-10-11-21(20(29)13-19)31-17(2)34)27(38)33-12-6-9-22(33)26(37)32-24-23(35)15-40-28(24)39-14-18-7-4-3-5-8-18/h10-11,13,16,18,22,24,28H,3-9,12,14-15H2,1-2H3,(H,30,36)(H,31,34)(H,32,37). The van der Waals surface area contributed by atoms with Gasteiger partial charge in [-0.15, -0.1) is 0 Å². The molecule has 40 heavy (non-hydrogen) atoms. The highest BCUT2D eigenvalue weighted by atomic mass is 35.5. The van der Waals surface area contributed by atoms with E-state index in [9.17, 15) is 24.0 Å². The minimum atomic E-state index is -0.920. The summed E-state index contributed by atoms with van der Waals surface area (Å²) in [5.74, 6) is -1.51. The van der Waals surface area contributed by atoms with Crippen molar-refractivity contribution in [3.8, 4) is 0 Å². The first-order valence-electron chi connectivity index (χ1n) is 13.9.